The molecule has 1 saturated heterocycles. The van der Waals surface area contributed by atoms with Gasteiger partial charge in [-0.1, -0.05) is 18.6 Å². The number of likely N-dealkylation sites (tertiary alicyclic amines) is 1. The van der Waals surface area contributed by atoms with Crippen molar-refractivity contribution in [1.29, 1.82) is 0 Å². The van der Waals surface area contributed by atoms with Gasteiger partial charge in [-0.3, -0.25) is 9.59 Å². The molecule has 0 unspecified atom stereocenters. The third kappa shape index (κ3) is 6.51. The molecule has 178 valence electrons. The summed E-state index contributed by atoms with van der Waals surface area (Å²) in [4.78, 5) is 27.2. The Kier molecular flexibility index (Phi) is 8.04. The van der Waals surface area contributed by atoms with Gasteiger partial charge in [0.2, 0.25) is 5.88 Å². The van der Waals surface area contributed by atoms with Crippen LogP contribution >= 0.6 is 0 Å². The van der Waals surface area contributed by atoms with Crippen LogP contribution in [0.15, 0.2) is 65.5 Å². The highest BCUT2D eigenvalue weighted by atomic mass is 19.1. The molecule has 2 aromatic carbocycles. The molecule has 1 amide bonds. The summed E-state index contributed by atoms with van der Waals surface area (Å²) in [5, 5.41) is 7.20. The number of halogens is 1. The van der Waals surface area contributed by atoms with Crippen molar-refractivity contribution in [2.24, 2.45) is 0 Å². The van der Waals surface area contributed by atoms with E-state index in [1.807, 2.05) is 0 Å². The fourth-order valence-corrected chi connectivity index (χ4v) is 3.98. The molecule has 3 aromatic rings. The smallest absolute Gasteiger partial charge is 0.271 e. The summed E-state index contributed by atoms with van der Waals surface area (Å²) in [5.41, 5.74) is 1.37. The van der Waals surface area contributed by atoms with E-state index < -0.39 is 0 Å². The quantitative estimate of drug-likeness (QED) is 0.490. The fourth-order valence-electron chi connectivity index (χ4n) is 3.98. The molecule has 0 saturated carbocycles. The van der Waals surface area contributed by atoms with E-state index in [1.165, 1.54) is 48.2 Å². The van der Waals surface area contributed by atoms with Crippen LogP contribution in [-0.2, 0) is 6.61 Å². The summed E-state index contributed by atoms with van der Waals surface area (Å²) in [5.74, 6) is -0.248. The van der Waals surface area contributed by atoms with Crippen molar-refractivity contribution in [3.63, 3.8) is 0 Å². The maximum atomic E-state index is 13.3. The number of hydrogen-bond acceptors (Lipinski definition) is 5. The van der Waals surface area contributed by atoms with Crippen molar-refractivity contribution < 1.29 is 13.9 Å². The molecule has 1 aliphatic rings. The van der Waals surface area contributed by atoms with Gasteiger partial charge in [0.1, 0.15) is 12.4 Å². The highest BCUT2D eigenvalue weighted by molar-refractivity contribution is 5.94. The molecule has 0 spiro atoms. The zero-order valence-electron chi connectivity index (χ0n) is 19.1. The minimum atomic E-state index is -0.342. The Hall–Kier alpha value is -3.52. The van der Waals surface area contributed by atoms with Crippen LogP contribution in [0.2, 0.25) is 0 Å². The van der Waals surface area contributed by atoms with Crippen LogP contribution in [0, 0.1) is 5.82 Å². The molecule has 1 aliphatic heterocycles. The normalized spacial score (nSPS) is 14.0. The van der Waals surface area contributed by atoms with Crippen LogP contribution in [0.1, 0.15) is 41.6 Å². The number of carbonyl (C=O) groups excluding carboxylic acids is 1. The van der Waals surface area contributed by atoms with Crippen LogP contribution in [-0.4, -0.2) is 46.8 Å². The topological polar surface area (TPSA) is 76.5 Å². The van der Waals surface area contributed by atoms with Crippen LogP contribution in [0.25, 0.3) is 5.69 Å². The molecule has 34 heavy (non-hydrogen) atoms. The zero-order valence-corrected chi connectivity index (χ0v) is 19.1. The number of ether oxygens (including phenoxy) is 1. The first-order valence-electron chi connectivity index (χ1n) is 11.7. The molecule has 1 aromatic heterocycles. The minimum Gasteiger partial charge on any atom is -0.472 e. The van der Waals surface area contributed by atoms with Crippen LogP contribution in [0.4, 0.5) is 4.39 Å². The van der Waals surface area contributed by atoms with E-state index in [0.717, 1.165) is 26.1 Å². The predicted octanol–water partition coefficient (Wildman–Crippen LogP) is 3.56. The number of rotatable bonds is 9. The van der Waals surface area contributed by atoms with Crippen molar-refractivity contribution in [1.82, 2.24) is 20.0 Å². The Bertz CT molecular complexity index is 1160. The Labute approximate surface area is 198 Å². The standard InChI is InChI=1S/C26H29FN4O3/c27-22-7-4-6-20(18-22)19-34-24-12-13-25(32)31(29-24)23-10-8-21(9-11-23)26(33)28-14-5-17-30-15-2-1-3-16-30/h4,6-13,18H,1-3,5,14-17,19H2,(H,28,33). The molecule has 7 nitrogen and oxygen atoms in total. The summed E-state index contributed by atoms with van der Waals surface area (Å²) < 4.78 is 20.2. The van der Waals surface area contributed by atoms with Gasteiger partial charge in [0, 0.05) is 24.2 Å². The summed E-state index contributed by atoms with van der Waals surface area (Å²) >= 11 is 0. The second-order valence-corrected chi connectivity index (χ2v) is 8.40. The fraction of sp³-hybridized carbons (Fsp3) is 0.346. The molecule has 0 bridgehead atoms. The third-order valence-electron chi connectivity index (χ3n) is 5.81. The first-order valence-corrected chi connectivity index (χ1v) is 11.7. The van der Waals surface area contributed by atoms with E-state index in [2.05, 4.69) is 15.3 Å². The van der Waals surface area contributed by atoms with Crippen LogP contribution in [0.3, 0.4) is 0 Å². The molecule has 2 heterocycles. The molecule has 0 radical (unpaired) electrons. The van der Waals surface area contributed by atoms with Gasteiger partial charge in [-0.2, -0.15) is 4.68 Å². The van der Waals surface area contributed by atoms with Gasteiger partial charge in [-0.15, -0.1) is 5.10 Å². The maximum Gasteiger partial charge on any atom is 0.271 e. The number of nitrogens with one attached hydrogen (secondary N) is 1. The number of carbonyl (C=O) groups is 1. The Morgan fingerprint density at radius 3 is 2.59 bits per heavy atom. The highest BCUT2D eigenvalue weighted by Gasteiger charge is 2.11. The number of hydrogen-bond donors (Lipinski definition) is 1. The summed E-state index contributed by atoms with van der Waals surface area (Å²) in [6.45, 7) is 4.06. The molecule has 1 fully saturated rings. The number of nitrogens with zero attached hydrogens (tertiary/aromatic N) is 3. The van der Waals surface area contributed by atoms with Gasteiger partial charge in [-0.25, -0.2) is 4.39 Å². The molecule has 1 N–H and O–H groups in total. The van der Waals surface area contributed by atoms with Crippen molar-refractivity contribution in [2.75, 3.05) is 26.2 Å². The molecular formula is C26H29FN4O3. The molecule has 4 rings (SSSR count). The van der Waals surface area contributed by atoms with Crippen LogP contribution in [0.5, 0.6) is 5.88 Å². The maximum absolute atomic E-state index is 13.3. The Balaban J connectivity index is 1.32. The number of piperidine rings is 1. The van der Waals surface area contributed by atoms with E-state index in [4.69, 9.17) is 4.74 Å². The van der Waals surface area contributed by atoms with Gasteiger partial charge in [0.25, 0.3) is 11.5 Å². The molecule has 0 atom stereocenters. The SMILES string of the molecule is O=C(NCCCN1CCCCC1)c1ccc(-n2nc(OCc3cccc(F)c3)ccc2=O)cc1. The monoisotopic (exact) mass is 464 g/mol. The Morgan fingerprint density at radius 2 is 1.82 bits per heavy atom. The van der Waals surface area contributed by atoms with Gasteiger partial charge in [0.05, 0.1) is 5.69 Å². The average molecular weight is 465 g/mol. The van der Waals surface area contributed by atoms with E-state index in [-0.39, 0.29) is 29.8 Å². The molecular weight excluding hydrogens is 435 g/mol. The minimum absolute atomic E-state index is 0.125. The van der Waals surface area contributed by atoms with Crippen molar-refractivity contribution in [3.8, 4) is 11.6 Å². The third-order valence-corrected chi connectivity index (χ3v) is 5.81. The first kappa shape index (κ1) is 23.6. The second kappa shape index (κ2) is 11.6. The van der Waals surface area contributed by atoms with Gasteiger partial charge < -0.3 is 15.0 Å². The molecule has 0 aliphatic carbocycles. The van der Waals surface area contributed by atoms with E-state index in [0.29, 0.717) is 23.4 Å². The lowest BCUT2D eigenvalue weighted by atomic mass is 10.1. The van der Waals surface area contributed by atoms with Crippen molar-refractivity contribution in [2.45, 2.75) is 32.3 Å². The number of amides is 1. The van der Waals surface area contributed by atoms with Gasteiger partial charge in [-0.05, 0) is 80.9 Å². The summed E-state index contributed by atoms with van der Waals surface area (Å²) in [6.07, 6.45) is 4.76. The van der Waals surface area contributed by atoms with E-state index in [9.17, 15) is 14.0 Å². The van der Waals surface area contributed by atoms with Gasteiger partial charge >= 0.3 is 0 Å². The Morgan fingerprint density at radius 1 is 1.03 bits per heavy atom. The van der Waals surface area contributed by atoms with Crippen molar-refractivity contribution in [3.05, 3.63) is 88.0 Å². The first-order chi connectivity index (χ1) is 16.6. The van der Waals surface area contributed by atoms with E-state index >= 15 is 0 Å². The number of aromatic nitrogens is 2. The summed E-state index contributed by atoms with van der Waals surface area (Å²) in [6, 6.07) is 15.6. The predicted molar refractivity (Wildman–Crippen MR) is 128 cm³/mol. The van der Waals surface area contributed by atoms with E-state index in [1.54, 1.807) is 36.4 Å². The van der Waals surface area contributed by atoms with Crippen molar-refractivity contribution >= 4 is 5.91 Å². The highest BCUT2D eigenvalue weighted by Crippen LogP contribution is 2.12. The van der Waals surface area contributed by atoms with Gasteiger partial charge in [0.15, 0.2) is 0 Å². The largest absolute Gasteiger partial charge is 0.472 e. The zero-order chi connectivity index (χ0) is 23.8. The van der Waals surface area contributed by atoms with Crippen LogP contribution < -0.4 is 15.6 Å². The molecule has 8 heteroatoms. The average Bonchev–Trinajstić information content (AvgIpc) is 2.87. The lowest BCUT2D eigenvalue weighted by Crippen LogP contribution is -2.33. The number of benzene rings is 2. The second-order valence-electron chi connectivity index (χ2n) is 8.40. The lowest BCUT2D eigenvalue weighted by molar-refractivity contribution is 0.0951. The lowest BCUT2D eigenvalue weighted by Gasteiger charge is -2.26. The summed E-state index contributed by atoms with van der Waals surface area (Å²) in [7, 11) is 0.